The van der Waals surface area contributed by atoms with Crippen molar-refractivity contribution in [3.05, 3.63) is 74.4 Å². The summed E-state index contributed by atoms with van der Waals surface area (Å²) in [4.78, 5) is 13.5. The molecule has 0 spiro atoms. The first-order valence-corrected chi connectivity index (χ1v) is 11.9. The summed E-state index contributed by atoms with van der Waals surface area (Å²) in [6, 6.07) is 8.68. The maximum atomic E-state index is 13.3. The molecule has 0 saturated carbocycles. The zero-order valence-corrected chi connectivity index (χ0v) is 19.9. The highest BCUT2D eigenvalue weighted by atomic mass is 35.5. The molecule has 0 amide bonds. The van der Waals surface area contributed by atoms with Gasteiger partial charge in [0, 0.05) is 17.6 Å². The van der Waals surface area contributed by atoms with E-state index >= 15 is 0 Å². The van der Waals surface area contributed by atoms with Crippen molar-refractivity contribution in [2.24, 2.45) is 7.05 Å². The number of hydrogen-bond acceptors (Lipinski definition) is 5. The summed E-state index contributed by atoms with van der Waals surface area (Å²) in [5.41, 5.74) is 2.15. The topological polar surface area (TPSA) is 78.3 Å². The Kier molecular flexibility index (Phi) is 6.79. The molecule has 0 saturated heterocycles. The number of carbonyl (C=O) groups is 1. The minimum atomic E-state index is -3.48. The van der Waals surface area contributed by atoms with Gasteiger partial charge in [-0.2, -0.15) is 5.10 Å². The van der Waals surface area contributed by atoms with Crippen LogP contribution in [-0.2, 0) is 23.5 Å². The van der Waals surface area contributed by atoms with E-state index in [9.17, 15) is 13.2 Å². The van der Waals surface area contributed by atoms with Crippen LogP contribution in [0.1, 0.15) is 39.5 Å². The number of aromatic nitrogens is 2. The van der Waals surface area contributed by atoms with Crippen molar-refractivity contribution in [1.82, 2.24) is 9.78 Å². The van der Waals surface area contributed by atoms with Crippen molar-refractivity contribution >= 4 is 38.8 Å². The Morgan fingerprint density at radius 2 is 1.77 bits per heavy atom. The number of ketones is 1. The van der Waals surface area contributed by atoms with Crippen LogP contribution in [0.3, 0.4) is 0 Å². The predicted octanol–water partition coefficient (Wildman–Crippen LogP) is 4.95. The van der Waals surface area contributed by atoms with Gasteiger partial charge in [0.1, 0.15) is 12.2 Å². The standard InChI is InChI=1S/C22H22Cl2N2O4S/c1-5-31(28,29)21-13(2)10-17(19(24)14(21)3)20(27)18-11-25-26(4)22(18)30-12-15-6-8-16(23)9-7-15/h6-11H,5,12H2,1-4H3. The Hall–Kier alpha value is -2.35. The van der Waals surface area contributed by atoms with E-state index < -0.39 is 15.6 Å². The molecule has 0 aliphatic carbocycles. The van der Waals surface area contributed by atoms with Crippen molar-refractivity contribution in [2.45, 2.75) is 32.3 Å². The van der Waals surface area contributed by atoms with Crippen LogP contribution in [0.5, 0.6) is 5.88 Å². The van der Waals surface area contributed by atoms with Gasteiger partial charge in [0.25, 0.3) is 0 Å². The number of rotatable bonds is 7. The van der Waals surface area contributed by atoms with Crippen LogP contribution in [0.15, 0.2) is 41.4 Å². The molecule has 0 aliphatic rings. The van der Waals surface area contributed by atoms with Crippen molar-refractivity contribution in [2.75, 3.05) is 5.75 Å². The molecular weight excluding hydrogens is 459 g/mol. The third kappa shape index (κ3) is 4.63. The largest absolute Gasteiger partial charge is 0.472 e. The number of aryl methyl sites for hydroxylation is 2. The number of benzene rings is 2. The number of carbonyl (C=O) groups excluding carboxylic acids is 1. The third-order valence-corrected chi connectivity index (χ3v) is 7.73. The van der Waals surface area contributed by atoms with Crippen LogP contribution >= 0.6 is 23.2 Å². The highest BCUT2D eigenvalue weighted by Crippen LogP contribution is 2.33. The normalized spacial score (nSPS) is 11.5. The first-order valence-electron chi connectivity index (χ1n) is 9.53. The maximum Gasteiger partial charge on any atom is 0.223 e. The van der Waals surface area contributed by atoms with Crippen LogP contribution in [-0.4, -0.2) is 29.7 Å². The summed E-state index contributed by atoms with van der Waals surface area (Å²) in [5.74, 6) is -0.156. The summed E-state index contributed by atoms with van der Waals surface area (Å²) in [5, 5.41) is 4.87. The lowest BCUT2D eigenvalue weighted by molar-refractivity contribution is 0.103. The van der Waals surface area contributed by atoms with Crippen LogP contribution in [0, 0.1) is 13.8 Å². The summed E-state index contributed by atoms with van der Waals surface area (Å²) in [6.45, 7) is 5.05. The first kappa shape index (κ1) is 23.3. The average Bonchev–Trinajstić information content (AvgIpc) is 3.10. The number of hydrogen-bond donors (Lipinski definition) is 0. The molecule has 0 N–H and O–H groups in total. The quantitative estimate of drug-likeness (QED) is 0.447. The fourth-order valence-electron chi connectivity index (χ4n) is 3.36. The van der Waals surface area contributed by atoms with E-state index in [0.29, 0.717) is 16.1 Å². The molecule has 6 nitrogen and oxygen atoms in total. The summed E-state index contributed by atoms with van der Waals surface area (Å²) < 4.78 is 32.3. The zero-order valence-electron chi connectivity index (χ0n) is 17.6. The van der Waals surface area contributed by atoms with Crippen molar-refractivity contribution in [3.63, 3.8) is 0 Å². The Morgan fingerprint density at radius 3 is 2.39 bits per heavy atom. The Balaban J connectivity index is 1.98. The Bertz CT molecular complexity index is 1250. The second kappa shape index (κ2) is 9.02. The molecule has 1 heterocycles. The minimum Gasteiger partial charge on any atom is -0.472 e. The molecule has 3 aromatic rings. The minimum absolute atomic E-state index is 0.0520. The van der Waals surface area contributed by atoms with Crippen molar-refractivity contribution in [1.29, 1.82) is 0 Å². The van der Waals surface area contributed by atoms with Crippen LogP contribution < -0.4 is 4.74 Å². The lowest BCUT2D eigenvalue weighted by Gasteiger charge is -2.15. The summed E-state index contributed by atoms with van der Waals surface area (Å²) in [7, 11) is -1.81. The molecule has 0 aliphatic heterocycles. The van der Waals surface area contributed by atoms with E-state index in [1.165, 1.54) is 16.9 Å². The second-order valence-corrected chi connectivity index (χ2v) is 10.2. The molecule has 9 heteroatoms. The van der Waals surface area contributed by atoms with Gasteiger partial charge in [-0.25, -0.2) is 13.1 Å². The lowest BCUT2D eigenvalue weighted by Crippen LogP contribution is -2.12. The Morgan fingerprint density at radius 1 is 1.13 bits per heavy atom. The molecule has 3 rings (SSSR count). The molecule has 0 fully saturated rings. The maximum absolute atomic E-state index is 13.3. The molecule has 0 atom stereocenters. The number of nitrogens with zero attached hydrogens (tertiary/aromatic N) is 2. The second-order valence-electron chi connectivity index (χ2n) is 7.14. The van der Waals surface area contributed by atoms with E-state index in [-0.39, 0.29) is 39.3 Å². The number of ether oxygens (including phenoxy) is 1. The van der Waals surface area contributed by atoms with Crippen LogP contribution in [0.4, 0.5) is 0 Å². The molecule has 1 aromatic heterocycles. The summed E-state index contributed by atoms with van der Waals surface area (Å²) in [6.07, 6.45) is 1.41. The highest BCUT2D eigenvalue weighted by Gasteiger charge is 2.27. The first-order chi connectivity index (χ1) is 14.6. The van der Waals surface area contributed by atoms with Gasteiger partial charge in [-0.1, -0.05) is 42.3 Å². The SMILES string of the molecule is CCS(=O)(=O)c1c(C)cc(C(=O)c2cnn(C)c2OCc2ccc(Cl)cc2)c(Cl)c1C. The van der Waals surface area contributed by atoms with E-state index in [4.69, 9.17) is 27.9 Å². The molecule has 31 heavy (non-hydrogen) atoms. The Labute approximate surface area is 191 Å². The number of halogens is 2. The fourth-order valence-corrected chi connectivity index (χ4v) is 5.19. The van der Waals surface area contributed by atoms with Gasteiger partial charge in [0.05, 0.1) is 21.9 Å². The summed E-state index contributed by atoms with van der Waals surface area (Å²) >= 11 is 12.4. The number of sulfone groups is 1. The van der Waals surface area contributed by atoms with E-state index in [2.05, 4.69) is 5.10 Å². The zero-order chi connectivity index (χ0) is 22.9. The van der Waals surface area contributed by atoms with Crippen LogP contribution in [0.2, 0.25) is 10.0 Å². The fraction of sp³-hybridized carbons (Fsp3) is 0.273. The molecule has 0 unspecified atom stereocenters. The smallest absolute Gasteiger partial charge is 0.223 e. The van der Waals surface area contributed by atoms with E-state index in [1.54, 1.807) is 40.0 Å². The van der Waals surface area contributed by atoms with Gasteiger partial charge >= 0.3 is 0 Å². The van der Waals surface area contributed by atoms with E-state index in [0.717, 1.165) is 5.56 Å². The molecular formula is C22H22Cl2N2O4S. The van der Waals surface area contributed by atoms with Crippen molar-refractivity contribution < 1.29 is 17.9 Å². The van der Waals surface area contributed by atoms with Gasteiger partial charge in [0.2, 0.25) is 11.7 Å². The molecule has 0 radical (unpaired) electrons. The lowest BCUT2D eigenvalue weighted by atomic mass is 10.0. The van der Waals surface area contributed by atoms with Crippen molar-refractivity contribution in [3.8, 4) is 5.88 Å². The average molecular weight is 481 g/mol. The molecule has 0 bridgehead atoms. The monoisotopic (exact) mass is 480 g/mol. The van der Waals surface area contributed by atoms with Gasteiger partial charge in [-0.15, -0.1) is 0 Å². The van der Waals surface area contributed by atoms with Gasteiger partial charge < -0.3 is 4.74 Å². The van der Waals surface area contributed by atoms with Crippen LogP contribution in [0.25, 0.3) is 0 Å². The highest BCUT2D eigenvalue weighted by molar-refractivity contribution is 7.91. The van der Waals surface area contributed by atoms with E-state index in [1.807, 2.05) is 12.1 Å². The van der Waals surface area contributed by atoms with Gasteiger partial charge in [0.15, 0.2) is 9.84 Å². The van der Waals surface area contributed by atoms with Gasteiger partial charge in [-0.3, -0.25) is 4.79 Å². The molecule has 164 valence electrons. The molecule has 2 aromatic carbocycles. The predicted molar refractivity (Wildman–Crippen MR) is 121 cm³/mol. The third-order valence-electron chi connectivity index (χ3n) is 4.98. The van der Waals surface area contributed by atoms with Gasteiger partial charge in [-0.05, 0) is 48.7 Å².